The normalized spacial score (nSPS) is 14.6. The van der Waals surface area contributed by atoms with Gasteiger partial charge in [-0.25, -0.2) is 0 Å². The van der Waals surface area contributed by atoms with Crippen molar-refractivity contribution >= 4 is 17.3 Å². The molecule has 1 aromatic rings. The van der Waals surface area contributed by atoms with Crippen molar-refractivity contribution in [1.29, 1.82) is 0 Å². The van der Waals surface area contributed by atoms with Crippen LogP contribution in [0, 0.1) is 0 Å². The first kappa shape index (κ1) is 11.4. The minimum atomic E-state index is 0.467. The molecule has 0 aliphatic heterocycles. The van der Waals surface area contributed by atoms with E-state index in [1.807, 2.05) is 0 Å². The molecule has 0 heterocycles. The van der Waals surface area contributed by atoms with Crippen LogP contribution in [-0.2, 0) is 12.8 Å². The second kappa shape index (κ2) is 5.30. The molecule has 0 aromatic heterocycles. The molecule has 2 N–H and O–H groups in total. The highest BCUT2D eigenvalue weighted by molar-refractivity contribution is 7.80. The van der Waals surface area contributed by atoms with E-state index in [9.17, 15) is 0 Å². The van der Waals surface area contributed by atoms with E-state index in [1.165, 1.54) is 11.1 Å². The van der Waals surface area contributed by atoms with E-state index in [2.05, 4.69) is 41.8 Å². The van der Waals surface area contributed by atoms with Gasteiger partial charge in [0.1, 0.15) is 0 Å². The van der Waals surface area contributed by atoms with Crippen LogP contribution in [0.4, 0.5) is 0 Å². The topological polar surface area (TPSA) is 24.1 Å². The summed E-state index contributed by atoms with van der Waals surface area (Å²) >= 11 is 5.24. The van der Waals surface area contributed by atoms with Gasteiger partial charge in [-0.3, -0.25) is 0 Å². The molecule has 0 spiro atoms. The maximum absolute atomic E-state index is 5.24. The van der Waals surface area contributed by atoms with Gasteiger partial charge >= 0.3 is 0 Å². The molecular formula is C13H18N2S. The predicted molar refractivity (Wildman–Crippen MR) is 71.7 cm³/mol. The van der Waals surface area contributed by atoms with Gasteiger partial charge in [-0.15, -0.1) is 0 Å². The Hall–Kier alpha value is -1.09. The highest BCUT2D eigenvalue weighted by atomic mass is 32.1. The second-order valence-electron chi connectivity index (χ2n) is 4.27. The lowest BCUT2D eigenvalue weighted by Gasteiger charge is -2.15. The lowest BCUT2D eigenvalue weighted by Crippen LogP contribution is -2.42. The third kappa shape index (κ3) is 2.73. The minimum absolute atomic E-state index is 0.467. The summed E-state index contributed by atoms with van der Waals surface area (Å²) in [7, 11) is 0. The first-order valence-corrected chi connectivity index (χ1v) is 6.31. The smallest absolute Gasteiger partial charge is 0.166 e. The van der Waals surface area contributed by atoms with Crippen LogP contribution in [0.3, 0.4) is 0 Å². The van der Waals surface area contributed by atoms with Gasteiger partial charge in [-0.1, -0.05) is 31.2 Å². The zero-order chi connectivity index (χ0) is 11.4. The standard InChI is InChI=1S/C13H18N2S/c1-2-7-14-13(16)15-12-8-10-5-3-4-6-11(10)9-12/h3-6,12H,2,7-9H2,1H3,(H2,14,15,16). The summed E-state index contributed by atoms with van der Waals surface area (Å²) < 4.78 is 0. The second-order valence-corrected chi connectivity index (χ2v) is 4.68. The number of nitrogens with one attached hydrogen (secondary N) is 2. The minimum Gasteiger partial charge on any atom is -0.363 e. The maximum Gasteiger partial charge on any atom is 0.166 e. The van der Waals surface area contributed by atoms with Gasteiger partial charge in [-0.2, -0.15) is 0 Å². The first-order chi connectivity index (χ1) is 7.79. The molecule has 0 fully saturated rings. The van der Waals surface area contributed by atoms with Crippen LogP contribution in [0.1, 0.15) is 24.5 Å². The molecule has 1 aromatic carbocycles. The molecule has 16 heavy (non-hydrogen) atoms. The Kier molecular flexibility index (Phi) is 3.78. The summed E-state index contributed by atoms with van der Waals surface area (Å²) in [5.74, 6) is 0. The number of benzene rings is 1. The van der Waals surface area contributed by atoms with E-state index in [0.717, 1.165) is 30.9 Å². The van der Waals surface area contributed by atoms with Gasteiger partial charge < -0.3 is 10.6 Å². The van der Waals surface area contributed by atoms with Crippen molar-refractivity contribution in [2.24, 2.45) is 0 Å². The van der Waals surface area contributed by atoms with Crippen LogP contribution in [0.25, 0.3) is 0 Å². The maximum atomic E-state index is 5.24. The molecule has 0 saturated heterocycles. The number of hydrogen-bond acceptors (Lipinski definition) is 1. The Bertz CT molecular complexity index is 351. The molecule has 1 aliphatic rings. The van der Waals surface area contributed by atoms with Crippen LogP contribution in [0.15, 0.2) is 24.3 Å². The number of rotatable bonds is 3. The van der Waals surface area contributed by atoms with Crippen molar-refractivity contribution < 1.29 is 0 Å². The highest BCUT2D eigenvalue weighted by Crippen LogP contribution is 2.21. The Balaban J connectivity index is 1.85. The predicted octanol–water partition coefficient (Wildman–Crippen LogP) is 2.03. The van der Waals surface area contributed by atoms with Crippen molar-refractivity contribution in [3.05, 3.63) is 35.4 Å². The quantitative estimate of drug-likeness (QED) is 0.783. The SMILES string of the molecule is CCCNC(=S)NC1Cc2ccccc2C1. The molecule has 0 radical (unpaired) electrons. The van der Waals surface area contributed by atoms with Crippen molar-refractivity contribution in [2.45, 2.75) is 32.2 Å². The zero-order valence-corrected chi connectivity index (χ0v) is 10.4. The Morgan fingerprint density at radius 3 is 2.50 bits per heavy atom. The summed E-state index contributed by atoms with van der Waals surface area (Å²) in [4.78, 5) is 0. The fourth-order valence-electron chi connectivity index (χ4n) is 2.14. The molecule has 2 rings (SSSR count). The van der Waals surface area contributed by atoms with E-state index >= 15 is 0 Å². The lowest BCUT2D eigenvalue weighted by molar-refractivity contribution is 0.632. The van der Waals surface area contributed by atoms with E-state index in [0.29, 0.717) is 6.04 Å². The summed E-state index contributed by atoms with van der Waals surface area (Å²) in [6.45, 7) is 3.09. The van der Waals surface area contributed by atoms with E-state index in [4.69, 9.17) is 12.2 Å². The summed E-state index contributed by atoms with van der Waals surface area (Å²) in [5.41, 5.74) is 2.91. The molecule has 2 nitrogen and oxygen atoms in total. The fourth-order valence-corrected chi connectivity index (χ4v) is 2.40. The largest absolute Gasteiger partial charge is 0.363 e. The number of hydrogen-bond donors (Lipinski definition) is 2. The van der Waals surface area contributed by atoms with Crippen LogP contribution in [-0.4, -0.2) is 17.7 Å². The van der Waals surface area contributed by atoms with E-state index in [-0.39, 0.29) is 0 Å². The third-order valence-electron chi connectivity index (χ3n) is 2.92. The highest BCUT2D eigenvalue weighted by Gasteiger charge is 2.20. The molecule has 0 bridgehead atoms. The molecule has 0 amide bonds. The zero-order valence-electron chi connectivity index (χ0n) is 9.62. The molecule has 86 valence electrons. The van der Waals surface area contributed by atoms with Crippen molar-refractivity contribution in [2.75, 3.05) is 6.54 Å². The molecule has 0 unspecified atom stereocenters. The van der Waals surface area contributed by atoms with Gasteiger partial charge in [0.15, 0.2) is 5.11 Å². The van der Waals surface area contributed by atoms with E-state index < -0.39 is 0 Å². The Labute approximate surface area is 102 Å². The van der Waals surface area contributed by atoms with Gasteiger partial charge in [0.05, 0.1) is 0 Å². The lowest BCUT2D eigenvalue weighted by atomic mass is 10.1. The molecule has 0 saturated carbocycles. The third-order valence-corrected chi connectivity index (χ3v) is 3.18. The van der Waals surface area contributed by atoms with Crippen LogP contribution in [0.2, 0.25) is 0 Å². The molecule has 1 aliphatic carbocycles. The average Bonchev–Trinajstić information content (AvgIpc) is 2.68. The number of thiocarbonyl (C=S) groups is 1. The monoisotopic (exact) mass is 234 g/mol. The van der Waals surface area contributed by atoms with Crippen LogP contribution < -0.4 is 10.6 Å². The summed E-state index contributed by atoms with van der Waals surface area (Å²) in [5, 5.41) is 7.38. The van der Waals surface area contributed by atoms with Gasteiger partial charge in [0.2, 0.25) is 0 Å². The van der Waals surface area contributed by atoms with Crippen molar-refractivity contribution in [3.63, 3.8) is 0 Å². The van der Waals surface area contributed by atoms with Gasteiger partial charge in [-0.05, 0) is 42.6 Å². The van der Waals surface area contributed by atoms with E-state index in [1.54, 1.807) is 0 Å². The fraction of sp³-hybridized carbons (Fsp3) is 0.462. The number of fused-ring (bicyclic) bond motifs is 1. The Morgan fingerprint density at radius 1 is 1.31 bits per heavy atom. The van der Waals surface area contributed by atoms with Crippen LogP contribution in [0.5, 0.6) is 0 Å². The Morgan fingerprint density at radius 2 is 1.94 bits per heavy atom. The average molecular weight is 234 g/mol. The van der Waals surface area contributed by atoms with Gasteiger partial charge in [0.25, 0.3) is 0 Å². The molecule has 0 atom stereocenters. The van der Waals surface area contributed by atoms with Crippen molar-refractivity contribution in [3.8, 4) is 0 Å². The van der Waals surface area contributed by atoms with Crippen molar-refractivity contribution in [1.82, 2.24) is 10.6 Å². The summed E-state index contributed by atoms with van der Waals surface area (Å²) in [6, 6.07) is 9.09. The molecule has 3 heteroatoms. The first-order valence-electron chi connectivity index (χ1n) is 5.90. The van der Waals surface area contributed by atoms with Gasteiger partial charge in [0, 0.05) is 12.6 Å². The molecular weight excluding hydrogens is 216 g/mol. The van der Waals surface area contributed by atoms with Crippen LogP contribution >= 0.6 is 12.2 Å². The summed E-state index contributed by atoms with van der Waals surface area (Å²) in [6.07, 6.45) is 3.28.